The monoisotopic (exact) mass is 560 g/mol. The topological polar surface area (TPSA) is 108 Å². The fraction of sp³-hybridized carbons (Fsp3) is 0.212. The van der Waals surface area contributed by atoms with Crippen molar-refractivity contribution < 1.29 is 14.4 Å². The van der Waals surface area contributed by atoms with Crippen LogP contribution in [0.25, 0.3) is 5.57 Å². The van der Waals surface area contributed by atoms with Crippen molar-refractivity contribution >= 4 is 40.2 Å². The van der Waals surface area contributed by atoms with E-state index >= 15 is 0 Å². The van der Waals surface area contributed by atoms with Crippen LogP contribution in [0, 0.1) is 6.92 Å². The second-order valence-electron chi connectivity index (χ2n) is 10.8. The van der Waals surface area contributed by atoms with Gasteiger partial charge < -0.3 is 16.0 Å². The van der Waals surface area contributed by atoms with Gasteiger partial charge in [-0.1, -0.05) is 36.4 Å². The second-order valence-corrected chi connectivity index (χ2v) is 10.8. The number of amides is 2. The molecule has 0 bridgehead atoms. The average molecular weight is 561 g/mol. The van der Waals surface area contributed by atoms with Gasteiger partial charge in [0, 0.05) is 53.5 Å². The lowest BCUT2D eigenvalue weighted by Gasteiger charge is -2.14. The Morgan fingerprint density at radius 2 is 1.71 bits per heavy atom. The van der Waals surface area contributed by atoms with Gasteiger partial charge in [0.05, 0.1) is 11.3 Å². The highest BCUT2D eigenvalue weighted by Gasteiger charge is 2.25. The molecule has 212 valence electrons. The van der Waals surface area contributed by atoms with Gasteiger partial charge in [0.25, 0.3) is 11.8 Å². The first-order valence-corrected chi connectivity index (χ1v) is 14.0. The summed E-state index contributed by atoms with van der Waals surface area (Å²) < 4.78 is 1.52. The summed E-state index contributed by atoms with van der Waals surface area (Å²) in [5.74, 6) is -0.763. The number of nitrogens with one attached hydrogen (secondary N) is 3. The zero-order valence-corrected chi connectivity index (χ0v) is 23.6. The number of carbonyl (C=O) groups is 3. The average Bonchev–Trinajstić information content (AvgIpc) is 3.70. The van der Waals surface area contributed by atoms with Crippen molar-refractivity contribution in [2.75, 3.05) is 29.0 Å². The predicted octanol–water partition coefficient (Wildman–Crippen LogP) is 5.21. The maximum atomic E-state index is 13.4. The van der Waals surface area contributed by atoms with Gasteiger partial charge in [-0.3, -0.25) is 24.0 Å². The van der Waals surface area contributed by atoms with Crippen molar-refractivity contribution in [3.63, 3.8) is 0 Å². The summed E-state index contributed by atoms with van der Waals surface area (Å²) in [5.41, 5.74) is 6.49. The Hall–Kier alpha value is -5.02. The number of nitrogens with zero attached hydrogens (tertiary/aromatic N) is 3. The first-order valence-electron chi connectivity index (χ1n) is 14.0. The van der Waals surface area contributed by atoms with Gasteiger partial charge in [0.15, 0.2) is 5.78 Å². The zero-order valence-electron chi connectivity index (χ0n) is 23.6. The Balaban J connectivity index is 1.14. The van der Waals surface area contributed by atoms with Crippen LogP contribution in [0.2, 0.25) is 0 Å². The molecule has 0 aliphatic carbocycles. The Morgan fingerprint density at radius 1 is 0.952 bits per heavy atom. The van der Waals surface area contributed by atoms with Gasteiger partial charge in [0.2, 0.25) is 0 Å². The van der Waals surface area contributed by atoms with Crippen molar-refractivity contribution in [2.45, 2.75) is 26.3 Å². The Labute approximate surface area is 244 Å². The normalized spacial score (nSPS) is 15.5. The molecule has 1 fully saturated rings. The largest absolute Gasteiger partial charge is 0.361 e. The molecule has 0 radical (unpaired) electrons. The molecule has 9 nitrogen and oxygen atoms in total. The van der Waals surface area contributed by atoms with E-state index in [0.29, 0.717) is 33.8 Å². The number of aromatic nitrogens is 2. The molecule has 0 unspecified atom stereocenters. The van der Waals surface area contributed by atoms with Gasteiger partial charge in [-0.05, 0) is 74.8 Å². The van der Waals surface area contributed by atoms with E-state index in [4.69, 9.17) is 0 Å². The van der Waals surface area contributed by atoms with Crippen molar-refractivity contribution in [3.05, 3.63) is 113 Å². The fourth-order valence-electron chi connectivity index (χ4n) is 5.46. The van der Waals surface area contributed by atoms with Crippen LogP contribution in [0.15, 0.2) is 79.0 Å². The second kappa shape index (κ2) is 11.5. The highest BCUT2D eigenvalue weighted by atomic mass is 16.2. The van der Waals surface area contributed by atoms with E-state index in [2.05, 4.69) is 38.1 Å². The van der Waals surface area contributed by atoms with E-state index in [1.165, 1.54) is 23.1 Å². The van der Waals surface area contributed by atoms with Crippen molar-refractivity contribution in [1.82, 2.24) is 14.7 Å². The minimum atomic E-state index is -0.311. The number of likely N-dealkylation sites (tertiary alicyclic amines) is 1. The lowest BCUT2D eigenvalue weighted by molar-refractivity contribution is -0.110. The van der Waals surface area contributed by atoms with Crippen LogP contribution in [-0.4, -0.2) is 45.4 Å². The number of ketones is 1. The number of carbonyl (C=O) groups excluding carboxylic acids is 3. The Kier molecular flexibility index (Phi) is 7.41. The van der Waals surface area contributed by atoms with Gasteiger partial charge in [0.1, 0.15) is 5.69 Å². The molecule has 0 spiro atoms. The van der Waals surface area contributed by atoms with Crippen LogP contribution in [0.3, 0.4) is 0 Å². The van der Waals surface area contributed by atoms with Gasteiger partial charge in [-0.15, -0.1) is 0 Å². The number of rotatable bonds is 8. The van der Waals surface area contributed by atoms with E-state index in [1.807, 2.05) is 19.1 Å². The summed E-state index contributed by atoms with van der Waals surface area (Å²) in [5, 5.41) is 13.1. The van der Waals surface area contributed by atoms with Crippen molar-refractivity contribution in [2.24, 2.45) is 7.05 Å². The first kappa shape index (κ1) is 27.2. The molecule has 1 saturated heterocycles. The van der Waals surface area contributed by atoms with Crippen LogP contribution in [-0.2, 0) is 18.4 Å². The quantitative estimate of drug-likeness (QED) is 0.202. The third-order valence-corrected chi connectivity index (χ3v) is 7.62. The third kappa shape index (κ3) is 5.73. The molecule has 2 aliphatic heterocycles. The molecule has 1 aromatic heterocycles. The highest BCUT2D eigenvalue weighted by molar-refractivity contribution is 6.32. The van der Waals surface area contributed by atoms with Crippen molar-refractivity contribution in [1.29, 1.82) is 0 Å². The molecule has 4 aromatic rings. The maximum Gasteiger partial charge on any atom is 0.273 e. The van der Waals surface area contributed by atoms with Gasteiger partial charge in [-0.25, -0.2) is 0 Å². The van der Waals surface area contributed by atoms with Gasteiger partial charge >= 0.3 is 0 Å². The van der Waals surface area contributed by atoms with E-state index in [9.17, 15) is 14.4 Å². The van der Waals surface area contributed by atoms with E-state index < -0.39 is 0 Å². The molecular weight excluding hydrogens is 528 g/mol. The molecule has 0 saturated carbocycles. The first-order chi connectivity index (χ1) is 20.3. The molecule has 9 heteroatoms. The number of aryl methyl sites for hydroxylation is 2. The predicted molar refractivity (Wildman–Crippen MR) is 163 cm³/mol. The van der Waals surface area contributed by atoms with Crippen LogP contribution in [0.1, 0.15) is 56.1 Å². The third-order valence-electron chi connectivity index (χ3n) is 7.62. The van der Waals surface area contributed by atoms with Crippen LogP contribution >= 0.6 is 0 Å². The summed E-state index contributed by atoms with van der Waals surface area (Å²) in [7, 11) is 1.71. The summed E-state index contributed by atoms with van der Waals surface area (Å²) in [6.07, 6.45) is 4.24. The van der Waals surface area contributed by atoms with E-state index in [-0.39, 0.29) is 17.6 Å². The summed E-state index contributed by atoms with van der Waals surface area (Å²) in [4.78, 5) is 41.3. The van der Waals surface area contributed by atoms with E-state index in [0.717, 1.165) is 36.6 Å². The molecule has 3 heterocycles. The molecule has 42 heavy (non-hydrogen) atoms. The molecule has 3 N–H and O–H groups in total. The Morgan fingerprint density at radius 3 is 2.45 bits per heavy atom. The molecular formula is C33H32N6O3. The van der Waals surface area contributed by atoms with Crippen LogP contribution < -0.4 is 16.0 Å². The fourth-order valence-corrected chi connectivity index (χ4v) is 5.46. The minimum absolute atomic E-state index is 0.218. The highest BCUT2D eigenvalue weighted by Crippen LogP contribution is 2.33. The lowest BCUT2D eigenvalue weighted by atomic mass is 9.99. The number of fused-ring (bicyclic) bond motifs is 1. The minimum Gasteiger partial charge on any atom is -0.361 e. The van der Waals surface area contributed by atoms with Crippen LogP contribution in [0.5, 0.6) is 0 Å². The molecule has 3 aromatic carbocycles. The molecule has 6 rings (SSSR count). The standard InChI is InChI=1S/C33H32N6O3/c1-21-16-30(38(2)37-21)33(42)35-26-7-5-6-23(17-26)31(40)24-10-13-27-28(32(41)36-29(27)18-24)19-34-25-11-8-22(9-12-25)20-39-14-3-4-15-39/h5-13,16-19,34H,3-4,14-15,20H2,1-2H3,(H,35,42)(H,36,41). The number of hydrogen-bond acceptors (Lipinski definition) is 6. The van der Waals surface area contributed by atoms with E-state index in [1.54, 1.807) is 61.8 Å². The SMILES string of the molecule is Cc1cc(C(=O)Nc2cccc(C(=O)c3ccc4c(c3)NC(=O)C4=CNc3ccc(CN4CCCC4)cc3)c2)n(C)n1. The number of hydrogen-bond donors (Lipinski definition) is 3. The summed E-state index contributed by atoms with van der Waals surface area (Å²) in [6.45, 7) is 5.09. The van der Waals surface area contributed by atoms with Crippen molar-refractivity contribution in [3.8, 4) is 0 Å². The Bertz CT molecular complexity index is 1710. The van der Waals surface area contributed by atoms with Gasteiger partial charge in [-0.2, -0.15) is 5.10 Å². The number of anilines is 3. The smallest absolute Gasteiger partial charge is 0.273 e. The number of benzene rings is 3. The summed E-state index contributed by atoms with van der Waals surface area (Å²) >= 11 is 0. The lowest BCUT2D eigenvalue weighted by Crippen LogP contribution is -2.18. The summed E-state index contributed by atoms with van der Waals surface area (Å²) in [6, 6.07) is 21.9. The molecule has 2 aliphatic rings. The molecule has 2 amide bonds. The maximum absolute atomic E-state index is 13.4. The molecule has 0 atom stereocenters. The zero-order chi connectivity index (χ0) is 29.2. The van der Waals surface area contributed by atoms with Crippen LogP contribution in [0.4, 0.5) is 17.1 Å².